The first-order valence-corrected chi connectivity index (χ1v) is 6.69. The molecular formula is C15H21NO. The van der Waals surface area contributed by atoms with Gasteiger partial charge in [0, 0.05) is 18.7 Å². The van der Waals surface area contributed by atoms with Crippen molar-refractivity contribution >= 4 is 5.91 Å². The fraction of sp³-hybridized carbons (Fsp3) is 0.533. The van der Waals surface area contributed by atoms with Crippen LogP contribution in [0.15, 0.2) is 24.3 Å². The molecule has 0 aliphatic carbocycles. The Morgan fingerprint density at radius 2 is 1.82 bits per heavy atom. The Balaban J connectivity index is 1.99. The van der Waals surface area contributed by atoms with Gasteiger partial charge < -0.3 is 4.90 Å². The van der Waals surface area contributed by atoms with Gasteiger partial charge in [-0.25, -0.2) is 0 Å². The average molecular weight is 231 g/mol. The first-order valence-electron chi connectivity index (χ1n) is 6.69. The highest BCUT2D eigenvalue weighted by molar-refractivity contribution is 5.94. The molecular weight excluding hydrogens is 210 g/mol. The molecule has 2 heteroatoms. The number of carbonyl (C=O) groups excluding carboxylic acids is 1. The van der Waals surface area contributed by atoms with Crippen LogP contribution in [-0.4, -0.2) is 23.9 Å². The molecule has 1 aromatic rings. The van der Waals surface area contributed by atoms with Gasteiger partial charge in [0.25, 0.3) is 5.91 Å². The smallest absolute Gasteiger partial charge is 0.253 e. The van der Waals surface area contributed by atoms with Gasteiger partial charge in [-0.1, -0.05) is 25.5 Å². The molecule has 2 nitrogen and oxygen atoms in total. The van der Waals surface area contributed by atoms with E-state index < -0.39 is 0 Å². The molecule has 0 radical (unpaired) electrons. The Morgan fingerprint density at radius 3 is 2.41 bits per heavy atom. The van der Waals surface area contributed by atoms with Crippen LogP contribution in [0.1, 0.15) is 48.5 Å². The van der Waals surface area contributed by atoms with Gasteiger partial charge in [-0.2, -0.15) is 0 Å². The summed E-state index contributed by atoms with van der Waals surface area (Å²) in [5.41, 5.74) is 2.18. The second-order valence-electron chi connectivity index (χ2n) is 4.80. The molecule has 1 saturated heterocycles. The molecule has 0 atom stereocenters. The van der Waals surface area contributed by atoms with Crippen LogP contribution in [0.25, 0.3) is 0 Å². The Labute approximate surface area is 104 Å². The van der Waals surface area contributed by atoms with Gasteiger partial charge in [-0.3, -0.25) is 4.79 Å². The van der Waals surface area contributed by atoms with Gasteiger partial charge in [0.1, 0.15) is 0 Å². The molecule has 0 unspecified atom stereocenters. The van der Waals surface area contributed by atoms with Gasteiger partial charge in [0.05, 0.1) is 0 Å². The van der Waals surface area contributed by atoms with Gasteiger partial charge in [-0.05, 0) is 43.4 Å². The largest absolute Gasteiger partial charge is 0.339 e. The standard InChI is InChI=1S/C15H21NO/c1-2-3-6-13-7-9-14(10-8-13)15(17)16-11-4-5-12-16/h7-10H,2-6,11-12H2,1H3. The van der Waals surface area contributed by atoms with Crippen molar-refractivity contribution in [1.82, 2.24) is 4.90 Å². The molecule has 0 aromatic heterocycles. The van der Waals surface area contributed by atoms with Crippen LogP contribution in [0.3, 0.4) is 0 Å². The van der Waals surface area contributed by atoms with E-state index >= 15 is 0 Å². The highest BCUT2D eigenvalue weighted by Gasteiger charge is 2.18. The minimum Gasteiger partial charge on any atom is -0.339 e. The zero-order chi connectivity index (χ0) is 12.1. The summed E-state index contributed by atoms with van der Waals surface area (Å²) in [5.74, 6) is 0.199. The second kappa shape index (κ2) is 5.85. The molecule has 17 heavy (non-hydrogen) atoms. The van der Waals surface area contributed by atoms with Crippen LogP contribution in [0.4, 0.5) is 0 Å². The van der Waals surface area contributed by atoms with Crippen LogP contribution in [0, 0.1) is 0 Å². The minimum atomic E-state index is 0.199. The lowest BCUT2D eigenvalue weighted by molar-refractivity contribution is 0.0793. The summed E-state index contributed by atoms with van der Waals surface area (Å²) >= 11 is 0. The van der Waals surface area contributed by atoms with E-state index in [1.807, 2.05) is 17.0 Å². The monoisotopic (exact) mass is 231 g/mol. The van der Waals surface area contributed by atoms with E-state index in [9.17, 15) is 4.79 Å². The molecule has 0 N–H and O–H groups in total. The summed E-state index contributed by atoms with van der Waals surface area (Å²) in [6, 6.07) is 8.15. The molecule has 2 rings (SSSR count). The van der Waals surface area contributed by atoms with E-state index in [4.69, 9.17) is 0 Å². The van der Waals surface area contributed by atoms with Crippen LogP contribution in [-0.2, 0) is 6.42 Å². The molecule has 1 amide bonds. The number of rotatable bonds is 4. The minimum absolute atomic E-state index is 0.199. The zero-order valence-corrected chi connectivity index (χ0v) is 10.6. The maximum absolute atomic E-state index is 12.1. The van der Waals surface area contributed by atoms with Crippen LogP contribution in [0.2, 0.25) is 0 Å². The number of unbranched alkanes of at least 4 members (excludes halogenated alkanes) is 1. The third-order valence-corrected chi connectivity index (χ3v) is 3.41. The molecule has 1 fully saturated rings. The molecule has 1 aromatic carbocycles. The SMILES string of the molecule is CCCCc1ccc(C(=O)N2CCCC2)cc1. The van der Waals surface area contributed by atoms with E-state index in [1.165, 1.54) is 18.4 Å². The maximum Gasteiger partial charge on any atom is 0.253 e. The summed E-state index contributed by atoms with van der Waals surface area (Å²) in [4.78, 5) is 14.1. The Bertz CT molecular complexity index is 363. The molecule has 1 aliphatic heterocycles. The number of hydrogen-bond acceptors (Lipinski definition) is 1. The fourth-order valence-electron chi connectivity index (χ4n) is 2.30. The van der Waals surface area contributed by atoms with Gasteiger partial charge in [0.15, 0.2) is 0 Å². The van der Waals surface area contributed by atoms with Crippen molar-refractivity contribution < 1.29 is 4.79 Å². The molecule has 1 heterocycles. The third kappa shape index (κ3) is 3.09. The second-order valence-corrected chi connectivity index (χ2v) is 4.80. The predicted octanol–water partition coefficient (Wildman–Crippen LogP) is 3.27. The lowest BCUT2D eigenvalue weighted by Crippen LogP contribution is -2.27. The first kappa shape index (κ1) is 12.2. The van der Waals surface area contributed by atoms with Crippen LogP contribution >= 0.6 is 0 Å². The summed E-state index contributed by atoms with van der Waals surface area (Å²) < 4.78 is 0. The van der Waals surface area contributed by atoms with Crippen molar-refractivity contribution in [3.05, 3.63) is 35.4 Å². The number of hydrogen-bond donors (Lipinski definition) is 0. The average Bonchev–Trinajstić information content (AvgIpc) is 2.90. The highest BCUT2D eigenvalue weighted by Crippen LogP contribution is 2.14. The summed E-state index contributed by atoms with van der Waals surface area (Å²) in [5, 5.41) is 0. The summed E-state index contributed by atoms with van der Waals surface area (Å²) in [6.45, 7) is 4.05. The predicted molar refractivity (Wildman–Crippen MR) is 70.2 cm³/mol. The van der Waals surface area contributed by atoms with E-state index in [-0.39, 0.29) is 5.91 Å². The lowest BCUT2D eigenvalue weighted by atomic mass is 10.1. The molecule has 92 valence electrons. The molecule has 0 bridgehead atoms. The van der Waals surface area contributed by atoms with E-state index in [0.29, 0.717) is 0 Å². The quantitative estimate of drug-likeness (QED) is 0.779. The van der Waals surface area contributed by atoms with E-state index in [0.717, 1.165) is 37.9 Å². The maximum atomic E-state index is 12.1. The van der Waals surface area contributed by atoms with Crippen molar-refractivity contribution in [2.45, 2.75) is 39.0 Å². The van der Waals surface area contributed by atoms with Crippen LogP contribution in [0.5, 0.6) is 0 Å². The Kier molecular flexibility index (Phi) is 4.18. The number of carbonyl (C=O) groups is 1. The Morgan fingerprint density at radius 1 is 1.18 bits per heavy atom. The van der Waals surface area contributed by atoms with Crippen molar-refractivity contribution in [3.63, 3.8) is 0 Å². The molecule has 0 spiro atoms. The highest BCUT2D eigenvalue weighted by atomic mass is 16.2. The summed E-state index contributed by atoms with van der Waals surface area (Å²) in [7, 11) is 0. The topological polar surface area (TPSA) is 20.3 Å². The Hall–Kier alpha value is -1.31. The fourth-order valence-corrected chi connectivity index (χ4v) is 2.30. The normalized spacial score (nSPS) is 15.2. The summed E-state index contributed by atoms with van der Waals surface area (Å²) in [6.07, 6.45) is 5.86. The third-order valence-electron chi connectivity index (χ3n) is 3.41. The van der Waals surface area contributed by atoms with Crippen molar-refractivity contribution in [3.8, 4) is 0 Å². The van der Waals surface area contributed by atoms with E-state index in [2.05, 4.69) is 19.1 Å². The number of likely N-dealkylation sites (tertiary alicyclic amines) is 1. The van der Waals surface area contributed by atoms with Gasteiger partial charge in [0.2, 0.25) is 0 Å². The van der Waals surface area contributed by atoms with Crippen molar-refractivity contribution in [2.24, 2.45) is 0 Å². The van der Waals surface area contributed by atoms with Gasteiger partial charge in [-0.15, -0.1) is 0 Å². The number of nitrogens with zero attached hydrogens (tertiary/aromatic N) is 1. The molecule has 0 saturated carbocycles. The number of amides is 1. The number of aryl methyl sites for hydroxylation is 1. The molecule has 1 aliphatic rings. The number of benzene rings is 1. The van der Waals surface area contributed by atoms with Gasteiger partial charge >= 0.3 is 0 Å². The van der Waals surface area contributed by atoms with Crippen molar-refractivity contribution in [2.75, 3.05) is 13.1 Å². The zero-order valence-electron chi connectivity index (χ0n) is 10.6. The van der Waals surface area contributed by atoms with E-state index in [1.54, 1.807) is 0 Å². The lowest BCUT2D eigenvalue weighted by Gasteiger charge is -2.15. The van der Waals surface area contributed by atoms with Crippen LogP contribution < -0.4 is 0 Å². The van der Waals surface area contributed by atoms with Crippen molar-refractivity contribution in [1.29, 1.82) is 0 Å². The first-order chi connectivity index (χ1) is 8.31.